The SMILES string of the molecule is CCNCc1cc(CN2CCC(N(C)C)CC2)c(C)s1. The van der Waals surface area contributed by atoms with Crippen molar-refractivity contribution in [2.24, 2.45) is 0 Å². The number of likely N-dealkylation sites (tertiary alicyclic amines) is 1. The summed E-state index contributed by atoms with van der Waals surface area (Å²) in [6.07, 6.45) is 2.61. The van der Waals surface area contributed by atoms with E-state index in [2.05, 4.69) is 49.1 Å². The Labute approximate surface area is 128 Å². The third kappa shape index (κ3) is 4.29. The molecule has 1 aliphatic rings. The van der Waals surface area contributed by atoms with Crippen molar-refractivity contribution in [1.29, 1.82) is 0 Å². The Bertz CT molecular complexity index is 406. The Morgan fingerprint density at radius 3 is 2.65 bits per heavy atom. The van der Waals surface area contributed by atoms with Gasteiger partial charge in [-0.15, -0.1) is 11.3 Å². The predicted molar refractivity (Wildman–Crippen MR) is 88.4 cm³/mol. The molecule has 4 heteroatoms. The highest BCUT2D eigenvalue weighted by atomic mass is 32.1. The molecule has 1 aromatic heterocycles. The van der Waals surface area contributed by atoms with E-state index in [1.165, 1.54) is 41.2 Å². The van der Waals surface area contributed by atoms with Gasteiger partial charge in [-0.2, -0.15) is 0 Å². The minimum Gasteiger partial charge on any atom is -0.312 e. The highest BCUT2D eigenvalue weighted by Crippen LogP contribution is 2.24. The van der Waals surface area contributed by atoms with Crippen LogP contribution in [0.1, 0.15) is 35.1 Å². The highest BCUT2D eigenvalue weighted by molar-refractivity contribution is 7.12. The maximum absolute atomic E-state index is 3.42. The van der Waals surface area contributed by atoms with E-state index >= 15 is 0 Å². The van der Waals surface area contributed by atoms with Crippen LogP contribution in [0.5, 0.6) is 0 Å². The molecule has 0 radical (unpaired) electrons. The summed E-state index contributed by atoms with van der Waals surface area (Å²) in [6, 6.07) is 3.18. The van der Waals surface area contributed by atoms with Gasteiger partial charge in [-0.3, -0.25) is 4.90 Å². The van der Waals surface area contributed by atoms with Crippen molar-refractivity contribution in [3.05, 3.63) is 21.4 Å². The molecule has 114 valence electrons. The monoisotopic (exact) mass is 295 g/mol. The standard InChI is InChI=1S/C16H29N3S/c1-5-17-11-16-10-14(13(2)20-16)12-19-8-6-15(7-9-19)18(3)4/h10,15,17H,5-9,11-12H2,1-4H3. The number of rotatable bonds is 6. The molecule has 0 saturated carbocycles. The average molecular weight is 295 g/mol. The molecule has 1 aliphatic heterocycles. The van der Waals surface area contributed by atoms with Crippen LogP contribution >= 0.6 is 11.3 Å². The van der Waals surface area contributed by atoms with Crippen LogP contribution in [0.25, 0.3) is 0 Å². The van der Waals surface area contributed by atoms with E-state index in [0.717, 1.165) is 25.7 Å². The molecule has 1 fully saturated rings. The second-order valence-electron chi connectivity index (χ2n) is 6.05. The lowest BCUT2D eigenvalue weighted by Gasteiger charge is -2.35. The Balaban J connectivity index is 1.86. The number of hydrogen-bond donors (Lipinski definition) is 1. The molecule has 0 bridgehead atoms. The van der Waals surface area contributed by atoms with Crippen molar-refractivity contribution in [3.8, 4) is 0 Å². The van der Waals surface area contributed by atoms with Gasteiger partial charge in [0.25, 0.3) is 0 Å². The minimum absolute atomic E-state index is 0.777. The number of piperidine rings is 1. The Hall–Kier alpha value is -0.420. The molecule has 0 unspecified atom stereocenters. The zero-order valence-corrected chi connectivity index (χ0v) is 14.2. The molecule has 2 heterocycles. The van der Waals surface area contributed by atoms with Crippen LogP contribution < -0.4 is 5.32 Å². The van der Waals surface area contributed by atoms with Gasteiger partial charge in [0, 0.05) is 28.9 Å². The van der Waals surface area contributed by atoms with Crippen molar-refractivity contribution in [1.82, 2.24) is 15.1 Å². The van der Waals surface area contributed by atoms with E-state index < -0.39 is 0 Å². The summed E-state index contributed by atoms with van der Waals surface area (Å²) in [5.74, 6) is 0. The third-order valence-corrected chi connectivity index (χ3v) is 5.39. The number of nitrogens with one attached hydrogen (secondary N) is 1. The molecule has 3 nitrogen and oxygen atoms in total. The van der Waals surface area contributed by atoms with Gasteiger partial charge in [-0.1, -0.05) is 6.92 Å². The van der Waals surface area contributed by atoms with Crippen molar-refractivity contribution in [2.45, 2.75) is 45.8 Å². The Morgan fingerprint density at radius 2 is 2.05 bits per heavy atom. The number of hydrogen-bond acceptors (Lipinski definition) is 4. The van der Waals surface area contributed by atoms with Crippen LogP contribution in [0.2, 0.25) is 0 Å². The van der Waals surface area contributed by atoms with Gasteiger partial charge in [0.1, 0.15) is 0 Å². The summed E-state index contributed by atoms with van der Waals surface area (Å²) in [7, 11) is 4.41. The van der Waals surface area contributed by atoms with Gasteiger partial charge in [0.05, 0.1) is 0 Å². The van der Waals surface area contributed by atoms with Crippen molar-refractivity contribution >= 4 is 11.3 Å². The fourth-order valence-corrected chi connectivity index (χ4v) is 3.94. The quantitative estimate of drug-likeness (QED) is 0.870. The fraction of sp³-hybridized carbons (Fsp3) is 0.750. The Morgan fingerprint density at radius 1 is 1.35 bits per heavy atom. The van der Waals surface area contributed by atoms with E-state index in [9.17, 15) is 0 Å². The van der Waals surface area contributed by atoms with Crippen LogP contribution in [-0.2, 0) is 13.1 Å². The topological polar surface area (TPSA) is 18.5 Å². The van der Waals surface area contributed by atoms with Crippen LogP contribution in [0.3, 0.4) is 0 Å². The molecule has 0 amide bonds. The molecule has 0 aliphatic carbocycles. The second kappa shape index (κ2) is 7.55. The molecule has 0 spiro atoms. The summed E-state index contributed by atoms with van der Waals surface area (Å²) in [5.41, 5.74) is 1.53. The zero-order valence-electron chi connectivity index (χ0n) is 13.4. The first-order valence-electron chi connectivity index (χ1n) is 7.77. The average Bonchev–Trinajstić information content (AvgIpc) is 2.77. The number of nitrogens with zero attached hydrogens (tertiary/aromatic N) is 2. The van der Waals surface area contributed by atoms with Gasteiger partial charge in [0.15, 0.2) is 0 Å². The summed E-state index contributed by atoms with van der Waals surface area (Å²) in [5, 5.41) is 3.42. The minimum atomic E-state index is 0.777. The number of aryl methyl sites for hydroxylation is 1. The molecular weight excluding hydrogens is 266 g/mol. The van der Waals surface area contributed by atoms with E-state index in [0.29, 0.717) is 0 Å². The van der Waals surface area contributed by atoms with Gasteiger partial charge >= 0.3 is 0 Å². The summed E-state index contributed by atoms with van der Waals surface area (Å²) >= 11 is 1.95. The summed E-state index contributed by atoms with van der Waals surface area (Å²) < 4.78 is 0. The lowest BCUT2D eigenvalue weighted by Crippen LogP contribution is -2.41. The fourth-order valence-electron chi connectivity index (χ4n) is 2.91. The molecule has 1 aromatic rings. The van der Waals surface area contributed by atoms with Crippen LogP contribution in [0, 0.1) is 6.92 Å². The Kier molecular flexibility index (Phi) is 6.02. The van der Waals surface area contributed by atoms with Gasteiger partial charge < -0.3 is 10.2 Å². The molecule has 20 heavy (non-hydrogen) atoms. The van der Waals surface area contributed by atoms with Crippen LogP contribution in [0.15, 0.2) is 6.07 Å². The van der Waals surface area contributed by atoms with E-state index in [1.54, 1.807) is 0 Å². The van der Waals surface area contributed by atoms with E-state index in [1.807, 2.05) is 11.3 Å². The van der Waals surface area contributed by atoms with E-state index in [-0.39, 0.29) is 0 Å². The maximum atomic E-state index is 3.42. The van der Waals surface area contributed by atoms with Crippen molar-refractivity contribution in [3.63, 3.8) is 0 Å². The molecular formula is C16H29N3S. The number of thiophene rings is 1. The largest absolute Gasteiger partial charge is 0.312 e. The molecule has 0 atom stereocenters. The molecule has 2 rings (SSSR count). The van der Waals surface area contributed by atoms with Crippen LogP contribution in [-0.4, -0.2) is 49.6 Å². The first kappa shape index (κ1) is 16.0. The molecule has 1 saturated heterocycles. The van der Waals surface area contributed by atoms with Crippen LogP contribution in [0.4, 0.5) is 0 Å². The highest BCUT2D eigenvalue weighted by Gasteiger charge is 2.21. The summed E-state index contributed by atoms with van der Waals surface area (Å²) in [4.78, 5) is 7.96. The van der Waals surface area contributed by atoms with Gasteiger partial charge in [-0.05, 0) is 65.1 Å². The third-order valence-electron chi connectivity index (χ3n) is 4.30. The van der Waals surface area contributed by atoms with Gasteiger partial charge in [0.2, 0.25) is 0 Å². The maximum Gasteiger partial charge on any atom is 0.0299 e. The zero-order chi connectivity index (χ0) is 14.5. The van der Waals surface area contributed by atoms with Crippen molar-refractivity contribution in [2.75, 3.05) is 33.7 Å². The smallest absolute Gasteiger partial charge is 0.0299 e. The first-order valence-corrected chi connectivity index (χ1v) is 8.59. The lowest BCUT2D eigenvalue weighted by atomic mass is 10.0. The normalized spacial score (nSPS) is 18.1. The molecule has 1 N–H and O–H groups in total. The first-order chi connectivity index (χ1) is 9.60. The summed E-state index contributed by atoms with van der Waals surface area (Å²) in [6.45, 7) is 10.1. The van der Waals surface area contributed by atoms with E-state index in [4.69, 9.17) is 0 Å². The van der Waals surface area contributed by atoms with Gasteiger partial charge in [-0.25, -0.2) is 0 Å². The van der Waals surface area contributed by atoms with Crippen molar-refractivity contribution < 1.29 is 0 Å². The molecule has 0 aromatic carbocycles. The predicted octanol–water partition coefficient (Wildman–Crippen LogP) is 2.69. The second-order valence-corrected chi connectivity index (χ2v) is 7.39. The lowest BCUT2D eigenvalue weighted by molar-refractivity contribution is 0.140.